The summed E-state index contributed by atoms with van der Waals surface area (Å²) in [4.78, 5) is 35.8. The molecule has 7 heteroatoms. The summed E-state index contributed by atoms with van der Waals surface area (Å²) in [6.45, 7) is 5.19. The van der Waals surface area contributed by atoms with Gasteiger partial charge in [0.15, 0.2) is 13.2 Å². The van der Waals surface area contributed by atoms with E-state index in [-0.39, 0.29) is 11.8 Å². The Bertz CT molecular complexity index is 640. The first-order valence-electron chi connectivity index (χ1n) is 10.8. The van der Waals surface area contributed by atoms with Gasteiger partial charge in [-0.1, -0.05) is 27.2 Å². The van der Waals surface area contributed by atoms with Crippen LogP contribution >= 0.6 is 0 Å². The van der Waals surface area contributed by atoms with E-state index in [1.54, 1.807) is 0 Å². The van der Waals surface area contributed by atoms with E-state index in [1.807, 2.05) is 0 Å². The Morgan fingerprint density at radius 2 is 1.55 bits per heavy atom. The molecule has 4 aliphatic carbocycles. The maximum absolute atomic E-state index is 12.2. The predicted octanol–water partition coefficient (Wildman–Crippen LogP) is 2.92. The van der Waals surface area contributed by atoms with Crippen molar-refractivity contribution >= 4 is 17.9 Å². The van der Waals surface area contributed by atoms with Crippen LogP contribution < -0.4 is 0 Å². The molecule has 29 heavy (non-hydrogen) atoms. The van der Waals surface area contributed by atoms with Crippen molar-refractivity contribution < 1.29 is 33.7 Å². The maximum Gasteiger partial charge on any atom is 0.344 e. The fraction of sp³-hybridized carbons (Fsp3) is 0.864. The van der Waals surface area contributed by atoms with Gasteiger partial charge in [0.1, 0.15) is 5.60 Å². The molecule has 4 saturated carbocycles. The largest absolute Gasteiger partial charge is 0.456 e. The van der Waals surface area contributed by atoms with Crippen LogP contribution in [-0.2, 0) is 28.6 Å². The van der Waals surface area contributed by atoms with Gasteiger partial charge in [-0.15, -0.1) is 0 Å². The van der Waals surface area contributed by atoms with Crippen molar-refractivity contribution in [1.29, 1.82) is 0 Å². The molecule has 4 bridgehead atoms. The van der Waals surface area contributed by atoms with Crippen LogP contribution in [0, 0.1) is 17.3 Å². The van der Waals surface area contributed by atoms with E-state index in [2.05, 4.69) is 20.8 Å². The van der Waals surface area contributed by atoms with Crippen LogP contribution in [0.25, 0.3) is 0 Å². The summed E-state index contributed by atoms with van der Waals surface area (Å²) in [6.07, 6.45) is 6.57. The van der Waals surface area contributed by atoms with Gasteiger partial charge in [0, 0.05) is 12.8 Å². The van der Waals surface area contributed by atoms with Gasteiger partial charge in [0.05, 0.1) is 5.60 Å². The molecule has 0 aromatic rings. The number of aliphatic hydroxyl groups is 1. The SMILES string of the molecule is CCC(C)(C)CCC(=O)OCC(=O)OCC(=O)OC12CC3CC(CC(O)(C3)C1)C2. The average molecular weight is 411 g/mol. The first kappa shape index (κ1) is 22.1. The van der Waals surface area contributed by atoms with E-state index in [0.717, 1.165) is 38.5 Å². The number of carbonyl (C=O) groups excluding carboxylic acids is 3. The summed E-state index contributed by atoms with van der Waals surface area (Å²) in [5, 5.41) is 10.7. The van der Waals surface area contributed by atoms with Crippen LogP contribution in [0.4, 0.5) is 0 Å². The van der Waals surface area contributed by atoms with Crippen molar-refractivity contribution in [2.45, 2.75) is 89.8 Å². The average Bonchev–Trinajstić information content (AvgIpc) is 2.60. The zero-order chi connectivity index (χ0) is 21.3. The van der Waals surface area contributed by atoms with E-state index < -0.39 is 42.3 Å². The second-order valence-electron chi connectivity index (χ2n) is 10.2. The van der Waals surface area contributed by atoms with Gasteiger partial charge < -0.3 is 19.3 Å². The molecule has 7 nitrogen and oxygen atoms in total. The molecule has 4 fully saturated rings. The molecule has 0 aromatic carbocycles. The number of hydrogen-bond acceptors (Lipinski definition) is 7. The first-order valence-corrected chi connectivity index (χ1v) is 10.8. The number of hydrogen-bond donors (Lipinski definition) is 1. The van der Waals surface area contributed by atoms with Gasteiger partial charge in [0.2, 0.25) is 0 Å². The summed E-state index contributed by atoms with van der Waals surface area (Å²) in [7, 11) is 0. The Hall–Kier alpha value is -1.63. The maximum atomic E-state index is 12.2. The minimum atomic E-state index is -0.769. The normalized spacial score (nSPS) is 32.7. The molecule has 0 aromatic heterocycles. The fourth-order valence-corrected chi connectivity index (χ4v) is 5.53. The molecule has 2 atom stereocenters. The summed E-state index contributed by atoms with van der Waals surface area (Å²) < 4.78 is 15.5. The number of carbonyl (C=O) groups is 3. The van der Waals surface area contributed by atoms with Gasteiger partial charge in [-0.05, 0) is 55.8 Å². The van der Waals surface area contributed by atoms with Crippen LogP contribution in [0.1, 0.15) is 78.6 Å². The van der Waals surface area contributed by atoms with Gasteiger partial charge >= 0.3 is 17.9 Å². The van der Waals surface area contributed by atoms with Crippen molar-refractivity contribution in [3.63, 3.8) is 0 Å². The molecule has 1 N–H and O–H groups in total. The molecule has 2 unspecified atom stereocenters. The second-order valence-corrected chi connectivity index (χ2v) is 10.2. The highest BCUT2D eigenvalue weighted by atomic mass is 16.6. The predicted molar refractivity (Wildman–Crippen MR) is 104 cm³/mol. The molecule has 0 spiro atoms. The molecule has 0 heterocycles. The first-order chi connectivity index (χ1) is 13.5. The van der Waals surface area contributed by atoms with Crippen LogP contribution in [-0.4, -0.2) is 47.4 Å². The molecular formula is C22H34O7. The highest BCUT2D eigenvalue weighted by Gasteiger charge is 2.59. The number of ether oxygens (including phenoxy) is 3. The Morgan fingerprint density at radius 3 is 2.14 bits per heavy atom. The monoisotopic (exact) mass is 410 g/mol. The lowest BCUT2D eigenvalue weighted by Gasteiger charge is -2.59. The van der Waals surface area contributed by atoms with Crippen molar-refractivity contribution in [2.24, 2.45) is 17.3 Å². The fourth-order valence-electron chi connectivity index (χ4n) is 5.53. The molecular weight excluding hydrogens is 376 g/mol. The molecule has 0 amide bonds. The quantitative estimate of drug-likeness (QED) is 0.461. The second kappa shape index (κ2) is 8.25. The van der Waals surface area contributed by atoms with Crippen molar-refractivity contribution in [1.82, 2.24) is 0 Å². The smallest absolute Gasteiger partial charge is 0.344 e. The van der Waals surface area contributed by atoms with Crippen molar-refractivity contribution in [3.8, 4) is 0 Å². The van der Waals surface area contributed by atoms with Crippen LogP contribution in [0.3, 0.4) is 0 Å². The van der Waals surface area contributed by atoms with E-state index in [9.17, 15) is 19.5 Å². The standard InChI is InChI=1S/C22H34O7/c1-4-20(2,3)6-5-17(23)27-12-18(24)28-13-19(25)29-22-10-15-7-16(11-22)9-21(26,8-15)14-22/h15-16,26H,4-14H2,1-3H3. The lowest BCUT2D eigenvalue weighted by Crippen LogP contribution is -2.60. The number of rotatable bonds is 9. The van der Waals surface area contributed by atoms with Crippen LogP contribution in [0.5, 0.6) is 0 Å². The van der Waals surface area contributed by atoms with E-state index in [0.29, 0.717) is 24.7 Å². The minimum absolute atomic E-state index is 0.0493. The Morgan fingerprint density at radius 1 is 0.966 bits per heavy atom. The lowest BCUT2D eigenvalue weighted by atomic mass is 9.52. The molecule has 0 saturated heterocycles. The Labute approximate surface area is 172 Å². The zero-order valence-electron chi connectivity index (χ0n) is 17.8. The van der Waals surface area contributed by atoms with E-state index >= 15 is 0 Å². The zero-order valence-corrected chi connectivity index (χ0v) is 17.8. The third-order valence-corrected chi connectivity index (χ3v) is 6.97. The Balaban J connectivity index is 1.36. The lowest BCUT2D eigenvalue weighted by molar-refractivity contribution is -0.222. The van der Waals surface area contributed by atoms with Gasteiger partial charge in [-0.25, -0.2) is 9.59 Å². The summed E-state index contributed by atoms with van der Waals surface area (Å²) in [5.74, 6) is -1.04. The van der Waals surface area contributed by atoms with E-state index in [1.165, 1.54) is 0 Å². The minimum Gasteiger partial charge on any atom is -0.456 e. The summed E-state index contributed by atoms with van der Waals surface area (Å²) in [6, 6.07) is 0. The summed E-state index contributed by atoms with van der Waals surface area (Å²) >= 11 is 0. The molecule has 0 aliphatic heterocycles. The van der Waals surface area contributed by atoms with Crippen LogP contribution in [0.15, 0.2) is 0 Å². The number of esters is 3. The summed E-state index contributed by atoms with van der Waals surface area (Å²) in [5.41, 5.74) is -1.30. The van der Waals surface area contributed by atoms with Crippen molar-refractivity contribution in [3.05, 3.63) is 0 Å². The van der Waals surface area contributed by atoms with Gasteiger partial charge in [-0.2, -0.15) is 0 Å². The van der Waals surface area contributed by atoms with Gasteiger partial charge in [-0.3, -0.25) is 4.79 Å². The van der Waals surface area contributed by atoms with Gasteiger partial charge in [0.25, 0.3) is 0 Å². The molecule has 164 valence electrons. The molecule has 0 radical (unpaired) electrons. The highest BCUT2D eigenvalue weighted by molar-refractivity contribution is 5.79. The van der Waals surface area contributed by atoms with E-state index in [4.69, 9.17) is 14.2 Å². The molecule has 4 rings (SSSR count). The van der Waals surface area contributed by atoms with Crippen LogP contribution in [0.2, 0.25) is 0 Å². The Kier molecular flexibility index (Phi) is 6.27. The van der Waals surface area contributed by atoms with Crippen molar-refractivity contribution in [2.75, 3.05) is 13.2 Å². The topological polar surface area (TPSA) is 99.1 Å². The molecule has 4 aliphatic rings. The third-order valence-electron chi connectivity index (χ3n) is 6.97. The third kappa shape index (κ3) is 5.71. The highest BCUT2D eigenvalue weighted by Crippen LogP contribution is 2.58.